The summed E-state index contributed by atoms with van der Waals surface area (Å²) < 4.78 is 3.17. The first-order valence-corrected chi connectivity index (χ1v) is 8.76. The van der Waals surface area contributed by atoms with Gasteiger partial charge >= 0.3 is 5.97 Å². The first kappa shape index (κ1) is 18.1. The van der Waals surface area contributed by atoms with Gasteiger partial charge in [-0.2, -0.15) is 10.2 Å². The van der Waals surface area contributed by atoms with E-state index in [4.69, 9.17) is 5.11 Å². The second-order valence-corrected chi connectivity index (χ2v) is 6.43. The minimum absolute atomic E-state index is 0.0281. The molecule has 9 nitrogen and oxygen atoms in total. The standard InChI is InChI=1S/C17H24N6O3/c1-3-22-11-14(13(2)19-22)10-20-6-8-21(9-7-20)16(24)12-23-15(17(25)26)4-5-18-23/h4-5,11H,3,6-10,12H2,1-2H3,(H,25,26). The largest absolute Gasteiger partial charge is 0.477 e. The van der Waals surface area contributed by atoms with Crippen LogP contribution in [0.25, 0.3) is 0 Å². The van der Waals surface area contributed by atoms with E-state index >= 15 is 0 Å². The molecule has 1 amide bonds. The van der Waals surface area contributed by atoms with Gasteiger partial charge in [0.05, 0.1) is 5.69 Å². The molecule has 3 rings (SSSR count). The van der Waals surface area contributed by atoms with Crippen molar-refractivity contribution in [2.75, 3.05) is 26.2 Å². The van der Waals surface area contributed by atoms with Crippen LogP contribution in [0, 0.1) is 6.92 Å². The van der Waals surface area contributed by atoms with E-state index in [1.165, 1.54) is 22.5 Å². The van der Waals surface area contributed by atoms with E-state index < -0.39 is 5.97 Å². The minimum atomic E-state index is -1.08. The van der Waals surface area contributed by atoms with Gasteiger partial charge in [0.2, 0.25) is 5.91 Å². The van der Waals surface area contributed by atoms with Crippen LogP contribution in [0.3, 0.4) is 0 Å². The summed E-state index contributed by atoms with van der Waals surface area (Å²) in [7, 11) is 0. The molecule has 1 aliphatic rings. The zero-order chi connectivity index (χ0) is 18.7. The van der Waals surface area contributed by atoms with Crippen molar-refractivity contribution in [3.63, 3.8) is 0 Å². The molecule has 140 valence electrons. The van der Waals surface area contributed by atoms with Crippen LogP contribution in [-0.2, 0) is 24.4 Å². The Labute approximate surface area is 151 Å². The number of carbonyl (C=O) groups is 2. The van der Waals surface area contributed by atoms with Crippen molar-refractivity contribution in [2.45, 2.75) is 33.5 Å². The normalized spacial score (nSPS) is 15.4. The number of nitrogens with zero attached hydrogens (tertiary/aromatic N) is 6. The third-order valence-corrected chi connectivity index (χ3v) is 4.71. The van der Waals surface area contributed by atoms with Crippen molar-refractivity contribution in [1.29, 1.82) is 0 Å². The van der Waals surface area contributed by atoms with Gasteiger partial charge in [0.25, 0.3) is 0 Å². The zero-order valence-corrected chi connectivity index (χ0v) is 15.1. The third-order valence-electron chi connectivity index (χ3n) is 4.71. The molecule has 1 aliphatic heterocycles. The van der Waals surface area contributed by atoms with Crippen molar-refractivity contribution in [3.05, 3.63) is 35.4 Å². The average Bonchev–Trinajstić information content (AvgIpc) is 3.22. The van der Waals surface area contributed by atoms with E-state index in [-0.39, 0.29) is 18.1 Å². The van der Waals surface area contributed by atoms with Gasteiger partial charge in [-0.05, 0) is 19.9 Å². The van der Waals surface area contributed by atoms with Crippen LogP contribution in [0.15, 0.2) is 18.5 Å². The molecule has 0 radical (unpaired) electrons. The summed E-state index contributed by atoms with van der Waals surface area (Å²) >= 11 is 0. The monoisotopic (exact) mass is 360 g/mol. The van der Waals surface area contributed by atoms with E-state index in [9.17, 15) is 9.59 Å². The summed E-state index contributed by atoms with van der Waals surface area (Å²) in [5.74, 6) is -1.19. The molecule has 2 aromatic rings. The van der Waals surface area contributed by atoms with Crippen molar-refractivity contribution in [2.24, 2.45) is 0 Å². The molecule has 3 heterocycles. The second kappa shape index (κ2) is 7.69. The van der Waals surface area contributed by atoms with Gasteiger partial charge in [0.1, 0.15) is 12.2 Å². The van der Waals surface area contributed by atoms with Gasteiger partial charge in [0.15, 0.2) is 0 Å². The van der Waals surface area contributed by atoms with Crippen LogP contribution in [0.4, 0.5) is 0 Å². The number of carboxylic acid groups (broad SMARTS) is 1. The number of hydrogen-bond acceptors (Lipinski definition) is 5. The van der Waals surface area contributed by atoms with Crippen LogP contribution in [0.2, 0.25) is 0 Å². The molecule has 0 aromatic carbocycles. The quantitative estimate of drug-likeness (QED) is 0.803. The summed E-state index contributed by atoms with van der Waals surface area (Å²) in [6, 6.07) is 1.40. The maximum atomic E-state index is 12.4. The highest BCUT2D eigenvalue weighted by molar-refractivity contribution is 5.86. The van der Waals surface area contributed by atoms with Crippen LogP contribution >= 0.6 is 0 Å². The first-order chi connectivity index (χ1) is 12.5. The van der Waals surface area contributed by atoms with E-state index in [0.29, 0.717) is 13.1 Å². The topological polar surface area (TPSA) is 96.5 Å². The lowest BCUT2D eigenvalue weighted by Gasteiger charge is -2.34. The summed E-state index contributed by atoms with van der Waals surface area (Å²) in [6.45, 7) is 8.55. The molecular weight excluding hydrogens is 336 g/mol. The van der Waals surface area contributed by atoms with Gasteiger partial charge < -0.3 is 10.0 Å². The smallest absolute Gasteiger partial charge is 0.354 e. The Kier molecular flexibility index (Phi) is 5.36. The number of aromatic nitrogens is 4. The molecule has 0 unspecified atom stereocenters. The van der Waals surface area contributed by atoms with E-state index in [1.807, 2.05) is 11.6 Å². The Morgan fingerprint density at radius 1 is 1.23 bits per heavy atom. The fraction of sp³-hybridized carbons (Fsp3) is 0.529. The molecule has 1 N–H and O–H groups in total. The highest BCUT2D eigenvalue weighted by Crippen LogP contribution is 2.12. The fourth-order valence-electron chi connectivity index (χ4n) is 3.14. The number of rotatable bonds is 6. The Bertz CT molecular complexity index is 788. The molecule has 9 heteroatoms. The third kappa shape index (κ3) is 3.93. The lowest BCUT2D eigenvalue weighted by molar-refractivity contribution is -0.133. The number of hydrogen-bond donors (Lipinski definition) is 1. The van der Waals surface area contributed by atoms with Crippen molar-refractivity contribution < 1.29 is 14.7 Å². The van der Waals surface area contributed by atoms with Crippen molar-refractivity contribution in [3.8, 4) is 0 Å². The number of aromatic carboxylic acids is 1. The van der Waals surface area contributed by atoms with Gasteiger partial charge in [-0.1, -0.05) is 0 Å². The number of carbonyl (C=O) groups excluding carboxylic acids is 1. The fourth-order valence-corrected chi connectivity index (χ4v) is 3.14. The van der Waals surface area contributed by atoms with Crippen LogP contribution in [0.1, 0.15) is 28.7 Å². The molecule has 1 fully saturated rings. The van der Waals surface area contributed by atoms with Crippen LogP contribution < -0.4 is 0 Å². The van der Waals surface area contributed by atoms with Gasteiger partial charge in [-0.25, -0.2) is 9.48 Å². The molecule has 0 saturated carbocycles. The number of amides is 1. The van der Waals surface area contributed by atoms with Gasteiger partial charge in [0, 0.05) is 57.2 Å². The SMILES string of the molecule is CCn1cc(CN2CCN(C(=O)Cn3nccc3C(=O)O)CC2)c(C)n1. The predicted molar refractivity (Wildman–Crippen MR) is 93.7 cm³/mol. The van der Waals surface area contributed by atoms with Crippen LogP contribution in [-0.4, -0.2) is 72.5 Å². The van der Waals surface area contributed by atoms with Gasteiger partial charge in [-0.3, -0.25) is 14.4 Å². The summed E-state index contributed by atoms with van der Waals surface area (Å²) in [5.41, 5.74) is 2.29. The Balaban J connectivity index is 1.53. The summed E-state index contributed by atoms with van der Waals surface area (Å²) in [5, 5.41) is 17.5. The minimum Gasteiger partial charge on any atom is -0.477 e. The summed E-state index contributed by atoms with van der Waals surface area (Å²) in [4.78, 5) is 27.6. The maximum Gasteiger partial charge on any atom is 0.354 e. The van der Waals surface area contributed by atoms with E-state index in [2.05, 4.69) is 28.2 Å². The molecule has 0 atom stereocenters. The Morgan fingerprint density at radius 2 is 1.96 bits per heavy atom. The van der Waals surface area contributed by atoms with E-state index in [1.54, 1.807) is 4.90 Å². The van der Waals surface area contributed by atoms with Crippen molar-refractivity contribution in [1.82, 2.24) is 29.4 Å². The second-order valence-electron chi connectivity index (χ2n) is 6.43. The number of piperazine rings is 1. The Hall–Kier alpha value is -2.68. The zero-order valence-electron chi connectivity index (χ0n) is 15.1. The molecule has 1 saturated heterocycles. The number of aryl methyl sites for hydroxylation is 2. The van der Waals surface area contributed by atoms with Gasteiger partial charge in [-0.15, -0.1) is 0 Å². The number of carboxylic acids is 1. The molecular formula is C17H24N6O3. The molecule has 2 aromatic heterocycles. The molecule has 26 heavy (non-hydrogen) atoms. The lowest BCUT2D eigenvalue weighted by Crippen LogP contribution is -2.49. The maximum absolute atomic E-state index is 12.4. The highest BCUT2D eigenvalue weighted by atomic mass is 16.4. The predicted octanol–water partition coefficient (Wildman–Crippen LogP) is 0.451. The lowest BCUT2D eigenvalue weighted by atomic mass is 10.2. The van der Waals surface area contributed by atoms with Crippen molar-refractivity contribution >= 4 is 11.9 Å². The molecule has 0 bridgehead atoms. The first-order valence-electron chi connectivity index (χ1n) is 8.76. The molecule has 0 spiro atoms. The van der Waals surface area contributed by atoms with Crippen LogP contribution in [0.5, 0.6) is 0 Å². The van der Waals surface area contributed by atoms with E-state index in [0.717, 1.165) is 31.9 Å². The summed E-state index contributed by atoms with van der Waals surface area (Å²) in [6.07, 6.45) is 3.48. The highest BCUT2D eigenvalue weighted by Gasteiger charge is 2.23. The Morgan fingerprint density at radius 3 is 2.58 bits per heavy atom. The average molecular weight is 360 g/mol. The molecule has 0 aliphatic carbocycles.